The Morgan fingerprint density at radius 3 is 2.53 bits per heavy atom. The molecule has 0 saturated heterocycles. The standard InChI is InChI=1S/C14H13N/c1-11-4-2-3-5-14(11)13-8-6-12(10-15)7-9-13/h2-6,8H,7,9H2,1H3. The van der Waals surface area contributed by atoms with E-state index in [0.717, 1.165) is 18.4 Å². The molecule has 0 radical (unpaired) electrons. The predicted molar refractivity (Wildman–Crippen MR) is 62.1 cm³/mol. The highest BCUT2D eigenvalue weighted by Gasteiger charge is 2.08. The molecule has 15 heavy (non-hydrogen) atoms. The Kier molecular flexibility index (Phi) is 2.69. The van der Waals surface area contributed by atoms with Gasteiger partial charge in [-0.3, -0.25) is 0 Å². The molecule has 0 atom stereocenters. The van der Waals surface area contributed by atoms with Crippen LogP contribution in [0.15, 0.2) is 42.0 Å². The zero-order valence-electron chi connectivity index (χ0n) is 8.83. The van der Waals surface area contributed by atoms with Crippen LogP contribution in [0.3, 0.4) is 0 Å². The Labute approximate surface area is 90.4 Å². The van der Waals surface area contributed by atoms with Crippen molar-refractivity contribution in [2.75, 3.05) is 0 Å². The molecule has 0 aromatic heterocycles. The Balaban J connectivity index is 2.35. The van der Waals surface area contributed by atoms with Crippen LogP contribution in [0.5, 0.6) is 0 Å². The Morgan fingerprint density at radius 2 is 1.93 bits per heavy atom. The van der Waals surface area contributed by atoms with Gasteiger partial charge in [-0.1, -0.05) is 30.3 Å². The minimum Gasteiger partial charge on any atom is -0.193 e. The third kappa shape index (κ3) is 1.99. The molecule has 0 saturated carbocycles. The molecule has 0 spiro atoms. The lowest BCUT2D eigenvalue weighted by atomic mass is 9.91. The van der Waals surface area contributed by atoms with Crippen molar-refractivity contribution >= 4 is 5.57 Å². The monoisotopic (exact) mass is 195 g/mol. The van der Waals surface area contributed by atoms with Gasteiger partial charge in [0.05, 0.1) is 6.07 Å². The van der Waals surface area contributed by atoms with E-state index in [1.807, 2.05) is 6.08 Å². The van der Waals surface area contributed by atoms with E-state index in [1.54, 1.807) is 0 Å². The fourth-order valence-corrected chi connectivity index (χ4v) is 1.89. The lowest BCUT2D eigenvalue weighted by Gasteiger charge is -2.13. The molecule has 0 unspecified atom stereocenters. The molecule has 0 heterocycles. The van der Waals surface area contributed by atoms with Crippen molar-refractivity contribution in [2.24, 2.45) is 0 Å². The fourth-order valence-electron chi connectivity index (χ4n) is 1.89. The highest BCUT2D eigenvalue weighted by Crippen LogP contribution is 2.28. The van der Waals surface area contributed by atoms with Gasteiger partial charge in [-0.05, 0) is 42.5 Å². The lowest BCUT2D eigenvalue weighted by Crippen LogP contribution is -1.94. The van der Waals surface area contributed by atoms with Crippen molar-refractivity contribution in [1.29, 1.82) is 5.26 Å². The summed E-state index contributed by atoms with van der Waals surface area (Å²) in [6.45, 7) is 2.12. The zero-order valence-corrected chi connectivity index (χ0v) is 8.83. The number of rotatable bonds is 1. The third-order valence-electron chi connectivity index (χ3n) is 2.78. The van der Waals surface area contributed by atoms with Crippen molar-refractivity contribution in [3.05, 3.63) is 53.1 Å². The molecule has 0 aliphatic heterocycles. The maximum atomic E-state index is 8.75. The van der Waals surface area contributed by atoms with E-state index in [9.17, 15) is 0 Å². The first-order valence-corrected chi connectivity index (χ1v) is 5.17. The van der Waals surface area contributed by atoms with Crippen LogP contribution in [-0.2, 0) is 0 Å². The van der Waals surface area contributed by atoms with E-state index in [2.05, 4.69) is 43.3 Å². The minimum atomic E-state index is 0.872. The Bertz CT molecular complexity index is 472. The van der Waals surface area contributed by atoms with Gasteiger partial charge >= 0.3 is 0 Å². The van der Waals surface area contributed by atoms with Crippen LogP contribution in [0.25, 0.3) is 5.57 Å². The van der Waals surface area contributed by atoms with Crippen LogP contribution in [0, 0.1) is 18.3 Å². The first kappa shape index (κ1) is 9.73. The highest BCUT2D eigenvalue weighted by molar-refractivity contribution is 5.71. The van der Waals surface area contributed by atoms with Gasteiger partial charge in [-0.2, -0.15) is 5.26 Å². The van der Waals surface area contributed by atoms with Crippen LogP contribution >= 0.6 is 0 Å². The van der Waals surface area contributed by atoms with E-state index < -0.39 is 0 Å². The molecular formula is C14H13N. The summed E-state index contributed by atoms with van der Waals surface area (Å²) in [5.74, 6) is 0. The van der Waals surface area contributed by atoms with E-state index in [-0.39, 0.29) is 0 Å². The Hall–Kier alpha value is -1.81. The molecule has 1 heteroatoms. The molecule has 1 aliphatic rings. The molecular weight excluding hydrogens is 182 g/mol. The first-order valence-electron chi connectivity index (χ1n) is 5.17. The van der Waals surface area contributed by atoms with Gasteiger partial charge in [0.2, 0.25) is 0 Å². The quantitative estimate of drug-likeness (QED) is 0.671. The molecule has 1 aromatic rings. The lowest BCUT2D eigenvalue weighted by molar-refractivity contribution is 1.01. The molecule has 1 nitrogen and oxygen atoms in total. The first-order chi connectivity index (χ1) is 7.31. The van der Waals surface area contributed by atoms with Crippen molar-refractivity contribution in [1.82, 2.24) is 0 Å². The molecule has 0 bridgehead atoms. The van der Waals surface area contributed by atoms with Gasteiger partial charge in [0, 0.05) is 5.57 Å². The number of hydrogen-bond acceptors (Lipinski definition) is 1. The number of nitriles is 1. The maximum Gasteiger partial charge on any atom is 0.0947 e. The zero-order chi connectivity index (χ0) is 10.7. The summed E-state index contributed by atoms with van der Waals surface area (Å²) in [5, 5.41) is 8.75. The summed E-state index contributed by atoms with van der Waals surface area (Å²) in [5.41, 5.74) is 4.84. The second kappa shape index (κ2) is 4.14. The number of allylic oxidation sites excluding steroid dienone is 4. The summed E-state index contributed by atoms with van der Waals surface area (Å²) in [6, 6.07) is 10.6. The number of aryl methyl sites for hydroxylation is 1. The van der Waals surface area contributed by atoms with Crippen LogP contribution in [-0.4, -0.2) is 0 Å². The van der Waals surface area contributed by atoms with Gasteiger partial charge in [0.25, 0.3) is 0 Å². The van der Waals surface area contributed by atoms with E-state index >= 15 is 0 Å². The van der Waals surface area contributed by atoms with Gasteiger partial charge < -0.3 is 0 Å². The maximum absolute atomic E-state index is 8.75. The number of hydrogen-bond donors (Lipinski definition) is 0. The molecule has 0 fully saturated rings. The molecule has 0 amide bonds. The van der Waals surface area contributed by atoms with Crippen molar-refractivity contribution in [3.63, 3.8) is 0 Å². The summed E-state index contributed by atoms with van der Waals surface area (Å²) < 4.78 is 0. The molecule has 1 aliphatic carbocycles. The molecule has 74 valence electrons. The van der Waals surface area contributed by atoms with Crippen LogP contribution < -0.4 is 0 Å². The van der Waals surface area contributed by atoms with Crippen molar-refractivity contribution < 1.29 is 0 Å². The fraction of sp³-hybridized carbons (Fsp3) is 0.214. The van der Waals surface area contributed by atoms with Gasteiger partial charge in [-0.25, -0.2) is 0 Å². The SMILES string of the molecule is Cc1ccccc1C1=CC=C(C#N)CC1. The summed E-state index contributed by atoms with van der Waals surface area (Å²) >= 11 is 0. The van der Waals surface area contributed by atoms with Crippen molar-refractivity contribution in [3.8, 4) is 6.07 Å². The van der Waals surface area contributed by atoms with Gasteiger partial charge in [0.1, 0.15) is 0 Å². The highest BCUT2D eigenvalue weighted by atomic mass is 14.3. The molecule has 2 rings (SSSR count). The largest absolute Gasteiger partial charge is 0.193 e. The number of nitrogens with zero attached hydrogens (tertiary/aromatic N) is 1. The predicted octanol–water partition coefficient (Wildman–Crippen LogP) is 3.62. The smallest absolute Gasteiger partial charge is 0.0947 e. The average molecular weight is 195 g/mol. The normalized spacial score (nSPS) is 15.2. The van der Waals surface area contributed by atoms with Gasteiger partial charge in [-0.15, -0.1) is 0 Å². The second-order valence-corrected chi connectivity index (χ2v) is 3.81. The molecule has 1 aromatic carbocycles. The summed E-state index contributed by atoms with van der Waals surface area (Å²) in [6.07, 6.45) is 5.86. The van der Waals surface area contributed by atoms with Crippen LogP contribution in [0.2, 0.25) is 0 Å². The minimum absolute atomic E-state index is 0.872. The van der Waals surface area contributed by atoms with E-state index in [1.165, 1.54) is 16.7 Å². The van der Waals surface area contributed by atoms with Crippen LogP contribution in [0.1, 0.15) is 24.0 Å². The van der Waals surface area contributed by atoms with Crippen molar-refractivity contribution in [2.45, 2.75) is 19.8 Å². The third-order valence-corrected chi connectivity index (χ3v) is 2.78. The average Bonchev–Trinajstić information content (AvgIpc) is 2.30. The van der Waals surface area contributed by atoms with Crippen LogP contribution in [0.4, 0.5) is 0 Å². The molecule has 0 N–H and O–H groups in total. The van der Waals surface area contributed by atoms with E-state index in [0.29, 0.717) is 0 Å². The topological polar surface area (TPSA) is 23.8 Å². The van der Waals surface area contributed by atoms with Gasteiger partial charge in [0.15, 0.2) is 0 Å². The number of benzene rings is 1. The second-order valence-electron chi connectivity index (χ2n) is 3.81. The Morgan fingerprint density at radius 1 is 1.13 bits per heavy atom. The summed E-state index contributed by atoms with van der Waals surface area (Å²) in [4.78, 5) is 0. The summed E-state index contributed by atoms with van der Waals surface area (Å²) in [7, 11) is 0. The van der Waals surface area contributed by atoms with E-state index in [4.69, 9.17) is 5.26 Å².